The van der Waals surface area contributed by atoms with Gasteiger partial charge in [-0.15, -0.1) is 0 Å². The minimum atomic E-state index is -1.12. The van der Waals surface area contributed by atoms with Gasteiger partial charge in [-0.1, -0.05) is 30.3 Å². The Balaban J connectivity index is 1.61. The molecule has 3 amide bonds. The van der Waals surface area contributed by atoms with Crippen LogP contribution in [0.1, 0.15) is 31.8 Å². The summed E-state index contributed by atoms with van der Waals surface area (Å²) in [5, 5.41) is 2.89. The zero-order valence-electron chi connectivity index (χ0n) is 20.8. The van der Waals surface area contributed by atoms with Gasteiger partial charge < -0.3 is 30.3 Å². The van der Waals surface area contributed by atoms with Gasteiger partial charge in [-0.25, -0.2) is 0 Å². The summed E-state index contributed by atoms with van der Waals surface area (Å²) in [6.07, 6.45) is -1.12. The highest BCUT2D eigenvalue weighted by Gasteiger charge is 2.43. The van der Waals surface area contributed by atoms with E-state index in [0.29, 0.717) is 29.2 Å². The molecule has 3 N–H and O–H groups in total. The predicted molar refractivity (Wildman–Crippen MR) is 138 cm³/mol. The van der Waals surface area contributed by atoms with Crippen molar-refractivity contribution in [1.29, 1.82) is 0 Å². The molecule has 1 aliphatic rings. The first kappa shape index (κ1) is 25.7. The first-order valence-corrected chi connectivity index (χ1v) is 11.9. The third-order valence-electron chi connectivity index (χ3n) is 6.28. The second-order valence-electron chi connectivity index (χ2n) is 8.57. The molecule has 0 radical (unpaired) electrons. The van der Waals surface area contributed by atoms with E-state index in [1.807, 2.05) is 24.3 Å². The molecule has 9 nitrogen and oxygen atoms in total. The second-order valence-corrected chi connectivity index (χ2v) is 8.57. The molecule has 1 unspecified atom stereocenters. The minimum absolute atomic E-state index is 0.207. The normalized spacial score (nSPS) is 14.8. The number of benzene rings is 3. The zero-order valence-corrected chi connectivity index (χ0v) is 20.8. The highest BCUT2D eigenvalue weighted by atomic mass is 16.5. The first-order valence-electron chi connectivity index (χ1n) is 11.9. The van der Waals surface area contributed by atoms with Gasteiger partial charge in [0, 0.05) is 37.3 Å². The Morgan fingerprint density at radius 3 is 2.08 bits per heavy atom. The Kier molecular flexibility index (Phi) is 8.05. The summed E-state index contributed by atoms with van der Waals surface area (Å²) in [5.74, 6) is -0.0318. The number of nitrogens with one attached hydrogen (secondary N) is 1. The van der Waals surface area contributed by atoms with E-state index in [1.165, 1.54) is 16.9 Å². The van der Waals surface area contributed by atoms with Crippen LogP contribution in [0.2, 0.25) is 0 Å². The average Bonchev–Trinajstić information content (AvgIpc) is 3.40. The largest absolute Gasteiger partial charge is 0.497 e. The fourth-order valence-electron chi connectivity index (χ4n) is 4.30. The van der Waals surface area contributed by atoms with Gasteiger partial charge in [-0.05, 0) is 53.6 Å². The number of nitrogens with zero attached hydrogens (tertiary/aromatic N) is 2. The van der Waals surface area contributed by atoms with Crippen LogP contribution in [-0.4, -0.2) is 61.0 Å². The van der Waals surface area contributed by atoms with E-state index in [2.05, 4.69) is 5.32 Å². The standard InChI is InChI=1S/C28H30N4O5/c1-36-23-11-9-21(10-12-23)27(34)31-13-14-32(28(35)22-7-4-8-24(16-22)37-2)26(31)25(33)30-18-20-6-3-5-19(15-20)17-29/h3-12,15-16,26H,13-14,17-18,29H2,1-2H3,(H,30,33). The van der Waals surface area contributed by atoms with Crippen molar-refractivity contribution >= 4 is 17.7 Å². The quantitative estimate of drug-likeness (QED) is 0.489. The Morgan fingerprint density at radius 1 is 0.811 bits per heavy atom. The second kappa shape index (κ2) is 11.6. The maximum atomic E-state index is 13.5. The monoisotopic (exact) mass is 502 g/mol. The molecule has 192 valence electrons. The first-order chi connectivity index (χ1) is 17.9. The molecule has 0 aliphatic carbocycles. The molecule has 0 spiro atoms. The van der Waals surface area contributed by atoms with E-state index >= 15 is 0 Å². The van der Waals surface area contributed by atoms with E-state index < -0.39 is 12.1 Å². The van der Waals surface area contributed by atoms with E-state index in [0.717, 1.165) is 11.1 Å². The maximum absolute atomic E-state index is 13.5. The van der Waals surface area contributed by atoms with E-state index in [4.69, 9.17) is 15.2 Å². The fraction of sp³-hybridized carbons (Fsp3) is 0.250. The Labute approximate surface area is 215 Å². The number of amides is 3. The molecule has 0 bridgehead atoms. The summed E-state index contributed by atoms with van der Waals surface area (Å²) in [4.78, 5) is 43.3. The summed E-state index contributed by atoms with van der Waals surface area (Å²) in [6, 6.07) is 20.9. The summed E-state index contributed by atoms with van der Waals surface area (Å²) in [5.41, 5.74) is 8.31. The lowest BCUT2D eigenvalue weighted by Crippen LogP contribution is -2.53. The molecule has 1 heterocycles. The van der Waals surface area contributed by atoms with Gasteiger partial charge in [-0.3, -0.25) is 14.4 Å². The van der Waals surface area contributed by atoms with E-state index in [-0.39, 0.29) is 31.4 Å². The summed E-state index contributed by atoms with van der Waals surface area (Å²) in [7, 11) is 3.06. The maximum Gasteiger partial charge on any atom is 0.264 e. The zero-order chi connectivity index (χ0) is 26.4. The van der Waals surface area contributed by atoms with Crippen LogP contribution < -0.4 is 20.5 Å². The molecule has 0 aromatic heterocycles. The van der Waals surface area contributed by atoms with Crippen molar-refractivity contribution in [3.05, 3.63) is 95.1 Å². The van der Waals surface area contributed by atoms with Crippen molar-refractivity contribution < 1.29 is 23.9 Å². The summed E-state index contributed by atoms with van der Waals surface area (Å²) >= 11 is 0. The molecular weight excluding hydrogens is 472 g/mol. The summed E-state index contributed by atoms with van der Waals surface area (Å²) in [6.45, 7) is 1.03. The number of carbonyl (C=O) groups is 3. The van der Waals surface area contributed by atoms with Gasteiger partial charge >= 0.3 is 0 Å². The predicted octanol–water partition coefficient (Wildman–Crippen LogP) is 2.40. The van der Waals surface area contributed by atoms with Crippen molar-refractivity contribution in [3.8, 4) is 11.5 Å². The number of rotatable bonds is 8. The van der Waals surface area contributed by atoms with Gasteiger partial charge in [-0.2, -0.15) is 0 Å². The van der Waals surface area contributed by atoms with Crippen LogP contribution in [0.3, 0.4) is 0 Å². The minimum Gasteiger partial charge on any atom is -0.497 e. The molecule has 4 rings (SSSR count). The van der Waals surface area contributed by atoms with Crippen LogP contribution in [0, 0.1) is 0 Å². The molecule has 3 aromatic carbocycles. The topological polar surface area (TPSA) is 114 Å². The number of ether oxygens (including phenoxy) is 2. The lowest BCUT2D eigenvalue weighted by atomic mass is 10.1. The number of methoxy groups -OCH3 is 2. The van der Waals surface area contributed by atoms with Gasteiger partial charge in [0.25, 0.3) is 17.7 Å². The van der Waals surface area contributed by atoms with Crippen LogP contribution in [0.4, 0.5) is 0 Å². The lowest BCUT2D eigenvalue weighted by Gasteiger charge is -2.29. The highest BCUT2D eigenvalue weighted by Crippen LogP contribution is 2.24. The van der Waals surface area contributed by atoms with E-state index in [1.54, 1.807) is 55.6 Å². The Bertz CT molecular complexity index is 1280. The molecule has 9 heteroatoms. The van der Waals surface area contributed by atoms with Crippen molar-refractivity contribution in [2.24, 2.45) is 5.73 Å². The average molecular weight is 503 g/mol. The smallest absolute Gasteiger partial charge is 0.264 e. The van der Waals surface area contributed by atoms with Crippen LogP contribution in [0.5, 0.6) is 11.5 Å². The molecule has 1 saturated heterocycles. The van der Waals surface area contributed by atoms with Gasteiger partial charge in [0.1, 0.15) is 11.5 Å². The number of hydrogen-bond donors (Lipinski definition) is 2. The molecule has 37 heavy (non-hydrogen) atoms. The number of hydrogen-bond acceptors (Lipinski definition) is 6. The molecule has 1 fully saturated rings. The highest BCUT2D eigenvalue weighted by molar-refractivity contribution is 6.02. The van der Waals surface area contributed by atoms with Crippen LogP contribution in [-0.2, 0) is 17.9 Å². The molecule has 3 aromatic rings. The summed E-state index contributed by atoms with van der Waals surface area (Å²) < 4.78 is 10.4. The molecular formula is C28H30N4O5. The van der Waals surface area contributed by atoms with Crippen LogP contribution in [0.25, 0.3) is 0 Å². The van der Waals surface area contributed by atoms with E-state index in [9.17, 15) is 14.4 Å². The lowest BCUT2D eigenvalue weighted by molar-refractivity contribution is -0.128. The third kappa shape index (κ3) is 5.73. The SMILES string of the molecule is COc1ccc(C(=O)N2CCN(C(=O)c3cccc(OC)c3)C2C(=O)NCc2cccc(CN)c2)cc1. The van der Waals surface area contributed by atoms with Crippen molar-refractivity contribution in [3.63, 3.8) is 0 Å². The van der Waals surface area contributed by atoms with Crippen LogP contribution >= 0.6 is 0 Å². The molecule has 0 saturated carbocycles. The molecule has 1 atom stereocenters. The van der Waals surface area contributed by atoms with Crippen LogP contribution in [0.15, 0.2) is 72.8 Å². The Morgan fingerprint density at radius 2 is 1.43 bits per heavy atom. The van der Waals surface area contributed by atoms with Crippen molar-refractivity contribution in [1.82, 2.24) is 15.1 Å². The van der Waals surface area contributed by atoms with Gasteiger partial charge in [0.05, 0.1) is 14.2 Å². The van der Waals surface area contributed by atoms with Gasteiger partial charge in [0.15, 0.2) is 6.17 Å². The number of nitrogens with two attached hydrogens (primary N) is 1. The fourth-order valence-corrected chi connectivity index (χ4v) is 4.30. The molecule has 1 aliphatic heterocycles. The number of carbonyl (C=O) groups excluding carboxylic acids is 3. The van der Waals surface area contributed by atoms with Crippen molar-refractivity contribution in [2.45, 2.75) is 19.3 Å². The van der Waals surface area contributed by atoms with Gasteiger partial charge in [0.2, 0.25) is 0 Å². The Hall–Kier alpha value is -4.37. The van der Waals surface area contributed by atoms with Crippen molar-refractivity contribution in [2.75, 3.05) is 27.3 Å². The third-order valence-corrected chi connectivity index (χ3v) is 6.28.